The van der Waals surface area contributed by atoms with E-state index in [1.807, 2.05) is 99.9 Å². The van der Waals surface area contributed by atoms with E-state index in [2.05, 4.69) is 0 Å². The summed E-state index contributed by atoms with van der Waals surface area (Å²) in [5.41, 5.74) is 5.14. The quantitative estimate of drug-likeness (QED) is 0.507. The minimum absolute atomic E-state index is 0.00167. The number of hydrogen-bond donors (Lipinski definition) is 0. The molecule has 0 saturated heterocycles. The highest BCUT2D eigenvalue weighted by Gasteiger charge is 1.99. The van der Waals surface area contributed by atoms with Gasteiger partial charge in [0.25, 0.3) is 11.1 Å². The fourth-order valence-electron chi connectivity index (χ4n) is 2.96. The first kappa shape index (κ1) is 20.1. The first-order valence-corrected chi connectivity index (χ1v) is 9.45. The zero-order valence-electron chi connectivity index (χ0n) is 16.9. The van der Waals surface area contributed by atoms with Gasteiger partial charge in [-0.25, -0.2) is 0 Å². The Morgan fingerprint density at radius 2 is 1.03 bits per heavy atom. The van der Waals surface area contributed by atoms with Crippen LogP contribution in [-0.4, -0.2) is 9.13 Å². The standard InChI is InChI=1S/C13H13NO.C12H11NO/c1-10-4-3-5-12(8-10)14-9-11(2)6-7-13(14)15;1-10-7-8-12(14)13(9-10)11-5-3-2-4-6-11/h3-9H,1-2H3;2-9H,1H3. The lowest BCUT2D eigenvalue weighted by Crippen LogP contribution is -2.16. The Morgan fingerprint density at radius 3 is 1.59 bits per heavy atom. The fraction of sp³-hybridized carbons (Fsp3) is 0.120. The van der Waals surface area contributed by atoms with Gasteiger partial charge in [0.1, 0.15) is 0 Å². The van der Waals surface area contributed by atoms with Gasteiger partial charge in [0, 0.05) is 35.9 Å². The van der Waals surface area contributed by atoms with Gasteiger partial charge in [-0.3, -0.25) is 18.7 Å². The highest BCUT2D eigenvalue weighted by Crippen LogP contribution is 2.08. The zero-order valence-corrected chi connectivity index (χ0v) is 16.9. The van der Waals surface area contributed by atoms with Crippen molar-refractivity contribution < 1.29 is 0 Å². The minimum Gasteiger partial charge on any atom is -0.284 e. The molecule has 4 heteroatoms. The molecule has 4 aromatic rings. The molecule has 0 bridgehead atoms. The molecule has 0 amide bonds. The van der Waals surface area contributed by atoms with Crippen LogP contribution >= 0.6 is 0 Å². The maximum atomic E-state index is 11.6. The molecule has 0 N–H and O–H groups in total. The van der Waals surface area contributed by atoms with E-state index in [4.69, 9.17) is 0 Å². The first-order chi connectivity index (χ1) is 13.9. The summed E-state index contributed by atoms with van der Waals surface area (Å²) in [6.45, 7) is 5.97. The van der Waals surface area contributed by atoms with Gasteiger partial charge in [-0.2, -0.15) is 0 Å². The van der Waals surface area contributed by atoms with E-state index in [0.717, 1.165) is 28.1 Å². The van der Waals surface area contributed by atoms with Crippen LogP contribution in [0.1, 0.15) is 16.7 Å². The van der Waals surface area contributed by atoms with Gasteiger partial charge in [0.15, 0.2) is 0 Å². The molecule has 2 aromatic heterocycles. The maximum absolute atomic E-state index is 11.6. The number of hydrogen-bond acceptors (Lipinski definition) is 2. The van der Waals surface area contributed by atoms with Crippen molar-refractivity contribution in [2.45, 2.75) is 20.8 Å². The van der Waals surface area contributed by atoms with Crippen molar-refractivity contribution in [2.75, 3.05) is 0 Å². The molecule has 0 aliphatic rings. The van der Waals surface area contributed by atoms with Crippen LogP contribution in [0.2, 0.25) is 0 Å². The highest BCUT2D eigenvalue weighted by atomic mass is 16.1. The lowest BCUT2D eigenvalue weighted by atomic mass is 10.2. The van der Waals surface area contributed by atoms with Gasteiger partial charge in [-0.1, -0.05) is 42.5 Å². The first-order valence-electron chi connectivity index (χ1n) is 9.45. The molecule has 0 saturated carbocycles. The van der Waals surface area contributed by atoms with E-state index in [1.54, 1.807) is 21.3 Å². The molecule has 0 radical (unpaired) electrons. The normalized spacial score (nSPS) is 10.2. The van der Waals surface area contributed by atoms with Gasteiger partial charge < -0.3 is 0 Å². The van der Waals surface area contributed by atoms with E-state index in [9.17, 15) is 9.59 Å². The van der Waals surface area contributed by atoms with Crippen molar-refractivity contribution in [2.24, 2.45) is 0 Å². The molecular weight excluding hydrogens is 360 g/mol. The summed E-state index contributed by atoms with van der Waals surface area (Å²) in [6, 6.07) is 24.4. The van der Waals surface area contributed by atoms with Crippen LogP contribution < -0.4 is 11.1 Å². The summed E-state index contributed by atoms with van der Waals surface area (Å²) in [5.74, 6) is 0. The van der Waals surface area contributed by atoms with Crippen LogP contribution in [0.5, 0.6) is 0 Å². The van der Waals surface area contributed by atoms with Crippen molar-refractivity contribution in [3.05, 3.63) is 129 Å². The predicted molar refractivity (Wildman–Crippen MR) is 118 cm³/mol. The Morgan fingerprint density at radius 1 is 0.517 bits per heavy atom. The number of rotatable bonds is 2. The smallest absolute Gasteiger partial charge is 0.255 e. The summed E-state index contributed by atoms with van der Waals surface area (Å²) >= 11 is 0. The van der Waals surface area contributed by atoms with Crippen LogP contribution in [-0.2, 0) is 0 Å². The van der Waals surface area contributed by atoms with Crippen LogP contribution in [0.4, 0.5) is 0 Å². The van der Waals surface area contributed by atoms with Crippen LogP contribution in [0.15, 0.2) is 101 Å². The molecule has 2 aromatic carbocycles. The molecule has 0 unspecified atom stereocenters. The van der Waals surface area contributed by atoms with E-state index in [0.29, 0.717) is 0 Å². The number of pyridine rings is 2. The highest BCUT2D eigenvalue weighted by molar-refractivity contribution is 5.36. The van der Waals surface area contributed by atoms with Crippen molar-refractivity contribution >= 4 is 0 Å². The Hall–Kier alpha value is -3.66. The monoisotopic (exact) mass is 384 g/mol. The molecule has 146 valence electrons. The lowest BCUT2D eigenvalue weighted by molar-refractivity contribution is 0.974. The number of para-hydroxylation sites is 1. The number of nitrogens with zero attached hydrogens (tertiary/aromatic N) is 2. The second-order valence-corrected chi connectivity index (χ2v) is 7.00. The number of aryl methyl sites for hydroxylation is 3. The second-order valence-electron chi connectivity index (χ2n) is 7.00. The summed E-state index contributed by atoms with van der Waals surface area (Å²) < 4.78 is 3.32. The molecule has 0 atom stereocenters. The molecule has 4 rings (SSSR count). The summed E-state index contributed by atoms with van der Waals surface area (Å²) in [7, 11) is 0. The van der Waals surface area contributed by atoms with Gasteiger partial charge >= 0.3 is 0 Å². The van der Waals surface area contributed by atoms with Crippen molar-refractivity contribution in [3.8, 4) is 11.4 Å². The van der Waals surface area contributed by atoms with Gasteiger partial charge in [0.2, 0.25) is 0 Å². The Balaban J connectivity index is 0.000000166. The molecule has 4 nitrogen and oxygen atoms in total. The SMILES string of the molecule is Cc1ccc(=O)n(-c2ccccc2)c1.Cc1cccc(-n2cc(C)ccc2=O)c1. The molecule has 0 aliphatic carbocycles. The van der Waals surface area contributed by atoms with E-state index in [1.165, 1.54) is 0 Å². The maximum Gasteiger partial charge on any atom is 0.255 e. The van der Waals surface area contributed by atoms with Gasteiger partial charge in [0.05, 0.1) is 0 Å². The largest absolute Gasteiger partial charge is 0.284 e. The van der Waals surface area contributed by atoms with Crippen LogP contribution in [0.25, 0.3) is 11.4 Å². The third kappa shape index (κ3) is 5.20. The molecule has 0 aliphatic heterocycles. The molecule has 0 fully saturated rings. The van der Waals surface area contributed by atoms with E-state index in [-0.39, 0.29) is 11.1 Å². The number of aromatic nitrogens is 2. The van der Waals surface area contributed by atoms with E-state index >= 15 is 0 Å². The molecule has 29 heavy (non-hydrogen) atoms. The van der Waals surface area contributed by atoms with Crippen LogP contribution in [0, 0.1) is 20.8 Å². The van der Waals surface area contributed by atoms with Crippen molar-refractivity contribution in [1.82, 2.24) is 9.13 Å². The average molecular weight is 384 g/mol. The minimum atomic E-state index is 0.00167. The lowest BCUT2D eigenvalue weighted by Gasteiger charge is -2.06. The van der Waals surface area contributed by atoms with Gasteiger partial charge in [-0.15, -0.1) is 0 Å². The van der Waals surface area contributed by atoms with Crippen LogP contribution in [0.3, 0.4) is 0 Å². The molecule has 2 heterocycles. The average Bonchev–Trinajstić information content (AvgIpc) is 2.73. The fourth-order valence-corrected chi connectivity index (χ4v) is 2.96. The third-order valence-corrected chi connectivity index (χ3v) is 4.43. The Bertz CT molecular complexity index is 1220. The topological polar surface area (TPSA) is 44.0 Å². The van der Waals surface area contributed by atoms with Crippen molar-refractivity contribution in [3.63, 3.8) is 0 Å². The zero-order chi connectivity index (χ0) is 20.8. The molecular formula is C25H24N2O2. The summed E-state index contributed by atoms with van der Waals surface area (Å²) in [5, 5.41) is 0. The van der Waals surface area contributed by atoms with Gasteiger partial charge in [-0.05, 0) is 61.7 Å². The summed E-state index contributed by atoms with van der Waals surface area (Å²) in [4.78, 5) is 23.2. The second kappa shape index (κ2) is 9.02. The van der Waals surface area contributed by atoms with E-state index < -0.39 is 0 Å². The Kier molecular flexibility index (Phi) is 6.25. The Labute approximate surface area is 170 Å². The predicted octanol–water partition coefficient (Wildman–Crippen LogP) is 4.60. The third-order valence-electron chi connectivity index (χ3n) is 4.43. The van der Waals surface area contributed by atoms with Crippen molar-refractivity contribution in [1.29, 1.82) is 0 Å². The molecule has 0 spiro atoms. The summed E-state index contributed by atoms with van der Waals surface area (Å²) in [6.07, 6.45) is 3.70. The number of benzene rings is 2.